The Balaban J connectivity index is 2.29. The van der Waals surface area contributed by atoms with Gasteiger partial charge in [0.05, 0.1) is 5.75 Å². The second kappa shape index (κ2) is 6.61. The molecular weight excluding hydrogens is 238 g/mol. The van der Waals surface area contributed by atoms with Gasteiger partial charge in [0.1, 0.15) is 5.75 Å². The molecule has 0 aliphatic carbocycles. The number of phenols is 1. The first kappa shape index (κ1) is 14.0. The second-order valence-corrected chi connectivity index (χ2v) is 5.91. The smallest absolute Gasteiger partial charge is 0.211 e. The predicted octanol–water partition coefficient (Wildman–Crippen LogP) is 1.65. The number of aromatic hydroxyl groups is 1. The van der Waals surface area contributed by atoms with Gasteiger partial charge in [-0.05, 0) is 37.0 Å². The van der Waals surface area contributed by atoms with Gasteiger partial charge in [-0.15, -0.1) is 0 Å². The molecule has 1 aromatic rings. The van der Waals surface area contributed by atoms with Gasteiger partial charge in [-0.3, -0.25) is 0 Å². The molecule has 0 saturated carbocycles. The van der Waals surface area contributed by atoms with Gasteiger partial charge < -0.3 is 5.11 Å². The topological polar surface area (TPSA) is 66.4 Å². The highest BCUT2D eigenvalue weighted by atomic mass is 32.2. The largest absolute Gasteiger partial charge is 0.508 e. The van der Waals surface area contributed by atoms with E-state index in [2.05, 4.69) is 4.72 Å². The fourth-order valence-electron chi connectivity index (χ4n) is 1.57. The van der Waals surface area contributed by atoms with Crippen LogP contribution in [0.3, 0.4) is 0 Å². The molecule has 0 aromatic heterocycles. The van der Waals surface area contributed by atoms with Gasteiger partial charge in [-0.2, -0.15) is 0 Å². The minimum Gasteiger partial charge on any atom is -0.508 e. The van der Waals surface area contributed by atoms with Crippen molar-refractivity contribution in [3.8, 4) is 5.75 Å². The number of sulfonamides is 1. The van der Waals surface area contributed by atoms with E-state index in [0.717, 1.165) is 18.4 Å². The molecule has 0 unspecified atom stereocenters. The minimum absolute atomic E-state index is 0.180. The summed E-state index contributed by atoms with van der Waals surface area (Å²) in [6, 6.07) is 7.01. The standard InChI is InChI=1S/C12H19NO3S/c1-2-9-17(15,16)13-8-4-6-11-5-3-7-12(14)10-11/h3,5,7,10,13-14H,2,4,6,8-9H2,1H3. The zero-order chi connectivity index (χ0) is 12.7. The third kappa shape index (κ3) is 5.70. The Morgan fingerprint density at radius 1 is 1.35 bits per heavy atom. The Bertz CT molecular complexity index is 443. The summed E-state index contributed by atoms with van der Waals surface area (Å²) in [7, 11) is -3.09. The lowest BCUT2D eigenvalue weighted by Gasteiger charge is -2.05. The number of benzene rings is 1. The lowest BCUT2D eigenvalue weighted by atomic mass is 10.1. The monoisotopic (exact) mass is 257 g/mol. The summed E-state index contributed by atoms with van der Waals surface area (Å²) in [5, 5.41) is 9.26. The lowest BCUT2D eigenvalue weighted by molar-refractivity contribution is 0.474. The fraction of sp³-hybridized carbons (Fsp3) is 0.500. The maximum Gasteiger partial charge on any atom is 0.211 e. The molecule has 1 aromatic carbocycles. The Morgan fingerprint density at radius 3 is 2.76 bits per heavy atom. The molecule has 96 valence electrons. The zero-order valence-corrected chi connectivity index (χ0v) is 10.8. The van der Waals surface area contributed by atoms with Crippen LogP contribution in [0, 0.1) is 0 Å². The summed E-state index contributed by atoms with van der Waals surface area (Å²) >= 11 is 0. The first-order chi connectivity index (χ1) is 8.03. The predicted molar refractivity (Wildman–Crippen MR) is 68.5 cm³/mol. The van der Waals surface area contributed by atoms with E-state index in [1.165, 1.54) is 0 Å². The van der Waals surface area contributed by atoms with Crippen molar-refractivity contribution in [2.75, 3.05) is 12.3 Å². The normalized spacial score (nSPS) is 11.6. The van der Waals surface area contributed by atoms with Crippen LogP contribution in [0.1, 0.15) is 25.3 Å². The average Bonchev–Trinajstić information content (AvgIpc) is 2.24. The van der Waals surface area contributed by atoms with Crippen LogP contribution in [0.4, 0.5) is 0 Å². The van der Waals surface area contributed by atoms with Crippen LogP contribution in [0.2, 0.25) is 0 Å². The number of hydrogen-bond donors (Lipinski definition) is 2. The molecule has 5 heteroatoms. The van der Waals surface area contributed by atoms with Crippen LogP contribution in [-0.4, -0.2) is 25.8 Å². The zero-order valence-electron chi connectivity index (χ0n) is 10.0. The van der Waals surface area contributed by atoms with E-state index in [1.807, 2.05) is 13.0 Å². The van der Waals surface area contributed by atoms with Crippen LogP contribution in [0.5, 0.6) is 5.75 Å². The van der Waals surface area contributed by atoms with E-state index >= 15 is 0 Å². The molecule has 0 saturated heterocycles. The fourth-order valence-corrected chi connectivity index (χ4v) is 2.71. The molecule has 0 radical (unpaired) electrons. The van der Waals surface area contributed by atoms with E-state index in [9.17, 15) is 13.5 Å². The van der Waals surface area contributed by atoms with E-state index < -0.39 is 10.0 Å². The Hall–Kier alpha value is -1.07. The Labute approximate surface area is 103 Å². The van der Waals surface area contributed by atoms with Gasteiger partial charge in [0, 0.05) is 6.54 Å². The average molecular weight is 257 g/mol. The quantitative estimate of drug-likeness (QED) is 0.730. The van der Waals surface area contributed by atoms with Crippen LogP contribution in [0.15, 0.2) is 24.3 Å². The van der Waals surface area contributed by atoms with Crippen molar-refractivity contribution in [2.45, 2.75) is 26.2 Å². The number of phenolic OH excluding ortho intramolecular Hbond substituents is 1. The van der Waals surface area contributed by atoms with Crippen molar-refractivity contribution in [3.05, 3.63) is 29.8 Å². The van der Waals surface area contributed by atoms with E-state index in [4.69, 9.17) is 0 Å². The summed E-state index contributed by atoms with van der Waals surface area (Å²) in [6.45, 7) is 2.28. The molecular formula is C12H19NO3S. The van der Waals surface area contributed by atoms with Crippen LogP contribution >= 0.6 is 0 Å². The molecule has 0 heterocycles. The molecule has 0 atom stereocenters. The SMILES string of the molecule is CCCS(=O)(=O)NCCCc1cccc(O)c1. The summed E-state index contributed by atoms with van der Waals surface area (Å²) in [4.78, 5) is 0. The van der Waals surface area contributed by atoms with Gasteiger partial charge in [0.15, 0.2) is 0 Å². The first-order valence-corrected chi connectivity index (χ1v) is 7.44. The van der Waals surface area contributed by atoms with Gasteiger partial charge in [-0.1, -0.05) is 19.1 Å². The van der Waals surface area contributed by atoms with Crippen LogP contribution in [0.25, 0.3) is 0 Å². The third-order valence-corrected chi connectivity index (χ3v) is 3.94. The van der Waals surface area contributed by atoms with Crippen LogP contribution < -0.4 is 4.72 Å². The molecule has 0 aliphatic heterocycles. The molecule has 4 nitrogen and oxygen atoms in total. The summed E-state index contributed by atoms with van der Waals surface area (Å²) < 4.78 is 25.2. The summed E-state index contributed by atoms with van der Waals surface area (Å²) in [5.41, 5.74) is 1.01. The molecule has 1 rings (SSSR count). The van der Waals surface area contributed by atoms with E-state index in [0.29, 0.717) is 13.0 Å². The van der Waals surface area contributed by atoms with Crippen molar-refractivity contribution >= 4 is 10.0 Å². The number of hydrogen-bond acceptors (Lipinski definition) is 3. The Kier molecular flexibility index (Phi) is 5.44. The van der Waals surface area contributed by atoms with Crippen molar-refractivity contribution in [3.63, 3.8) is 0 Å². The number of nitrogens with one attached hydrogen (secondary N) is 1. The molecule has 0 spiro atoms. The van der Waals surface area contributed by atoms with E-state index in [-0.39, 0.29) is 11.5 Å². The maximum atomic E-state index is 11.3. The van der Waals surface area contributed by atoms with Gasteiger partial charge in [-0.25, -0.2) is 13.1 Å². The molecule has 17 heavy (non-hydrogen) atoms. The van der Waals surface area contributed by atoms with Crippen molar-refractivity contribution in [2.24, 2.45) is 0 Å². The van der Waals surface area contributed by atoms with Crippen molar-refractivity contribution in [1.82, 2.24) is 4.72 Å². The lowest BCUT2D eigenvalue weighted by Crippen LogP contribution is -2.27. The highest BCUT2D eigenvalue weighted by Gasteiger charge is 2.06. The highest BCUT2D eigenvalue weighted by molar-refractivity contribution is 7.89. The molecule has 0 amide bonds. The first-order valence-electron chi connectivity index (χ1n) is 5.79. The van der Waals surface area contributed by atoms with Gasteiger partial charge in [0.2, 0.25) is 10.0 Å². The van der Waals surface area contributed by atoms with Crippen LogP contribution in [-0.2, 0) is 16.4 Å². The summed E-state index contributed by atoms with van der Waals surface area (Å²) in [6.07, 6.45) is 2.11. The van der Waals surface area contributed by atoms with Gasteiger partial charge in [0.25, 0.3) is 0 Å². The van der Waals surface area contributed by atoms with Gasteiger partial charge >= 0.3 is 0 Å². The maximum absolute atomic E-state index is 11.3. The summed E-state index contributed by atoms with van der Waals surface area (Å²) in [5.74, 6) is 0.424. The highest BCUT2D eigenvalue weighted by Crippen LogP contribution is 2.12. The molecule has 0 fully saturated rings. The molecule has 0 aliphatic rings. The van der Waals surface area contributed by atoms with Crippen molar-refractivity contribution < 1.29 is 13.5 Å². The number of aryl methyl sites for hydroxylation is 1. The minimum atomic E-state index is -3.09. The molecule has 2 N–H and O–H groups in total. The van der Waals surface area contributed by atoms with E-state index in [1.54, 1.807) is 18.2 Å². The van der Waals surface area contributed by atoms with Crippen molar-refractivity contribution in [1.29, 1.82) is 0 Å². The Morgan fingerprint density at radius 2 is 2.12 bits per heavy atom. The number of rotatable bonds is 7. The second-order valence-electron chi connectivity index (χ2n) is 3.99. The third-order valence-electron chi connectivity index (χ3n) is 2.35. The molecule has 0 bridgehead atoms.